The van der Waals surface area contributed by atoms with Gasteiger partial charge in [-0.05, 0) is 54.5 Å². The number of nitrogens with zero attached hydrogens (tertiary/aromatic N) is 2. The Balaban J connectivity index is 1.30. The Morgan fingerprint density at radius 2 is 1.91 bits per heavy atom. The predicted octanol–water partition coefficient (Wildman–Crippen LogP) is 5.63. The Labute approximate surface area is 204 Å². The predicted molar refractivity (Wildman–Crippen MR) is 137 cm³/mol. The molecule has 6 heteroatoms. The number of anilines is 1. The van der Waals surface area contributed by atoms with Crippen LogP contribution in [0.4, 0.5) is 6.01 Å². The Kier molecular flexibility index (Phi) is 5.24. The van der Waals surface area contributed by atoms with E-state index in [0.717, 1.165) is 45.6 Å². The average molecular weight is 468 g/mol. The van der Waals surface area contributed by atoms with Crippen LogP contribution in [0.25, 0.3) is 22.2 Å². The summed E-state index contributed by atoms with van der Waals surface area (Å²) in [6.45, 7) is 5.71. The van der Waals surface area contributed by atoms with Crippen molar-refractivity contribution in [3.63, 3.8) is 0 Å². The highest BCUT2D eigenvalue weighted by Crippen LogP contribution is 2.55. The number of carbonyl (C=O) groups is 1. The number of hydrogen-bond acceptors (Lipinski definition) is 5. The lowest BCUT2D eigenvalue weighted by molar-refractivity contribution is 0.0705. The molecule has 1 amide bonds. The number of oxazole rings is 1. The molecule has 4 aromatic rings. The summed E-state index contributed by atoms with van der Waals surface area (Å²) in [5.74, 6) is 2.50. The minimum Gasteiger partial charge on any atom is -0.496 e. The maximum atomic E-state index is 14.0. The van der Waals surface area contributed by atoms with Crippen LogP contribution in [0.2, 0.25) is 0 Å². The molecule has 0 bridgehead atoms. The van der Waals surface area contributed by atoms with Gasteiger partial charge < -0.3 is 19.4 Å². The van der Waals surface area contributed by atoms with E-state index in [4.69, 9.17) is 9.15 Å². The number of para-hydroxylation sites is 3. The zero-order valence-electron chi connectivity index (χ0n) is 20.2. The third kappa shape index (κ3) is 3.73. The number of benzene rings is 3. The fraction of sp³-hybridized carbons (Fsp3) is 0.310. The fourth-order valence-corrected chi connectivity index (χ4v) is 5.78. The first kappa shape index (κ1) is 21.7. The van der Waals surface area contributed by atoms with E-state index in [-0.39, 0.29) is 11.9 Å². The lowest BCUT2D eigenvalue weighted by Gasteiger charge is -2.29. The molecule has 1 aromatic heterocycles. The van der Waals surface area contributed by atoms with E-state index in [9.17, 15) is 4.79 Å². The van der Waals surface area contributed by atoms with Gasteiger partial charge in [0.1, 0.15) is 11.3 Å². The normalized spacial score (nSPS) is 22.8. The summed E-state index contributed by atoms with van der Waals surface area (Å²) in [4.78, 5) is 20.6. The first-order valence-corrected chi connectivity index (χ1v) is 12.2. The molecule has 2 heterocycles. The minimum atomic E-state index is 0.0679. The third-order valence-corrected chi connectivity index (χ3v) is 7.71. The van der Waals surface area contributed by atoms with Gasteiger partial charge in [-0.15, -0.1) is 0 Å². The van der Waals surface area contributed by atoms with Gasteiger partial charge in [0.2, 0.25) is 0 Å². The molecule has 35 heavy (non-hydrogen) atoms. The number of fused-ring (bicyclic) bond motifs is 2. The summed E-state index contributed by atoms with van der Waals surface area (Å²) >= 11 is 0. The molecule has 0 radical (unpaired) electrons. The van der Waals surface area contributed by atoms with Crippen LogP contribution in [0, 0.1) is 24.7 Å². The summed E-state index contributed by atoms with van der Waals surface area (Å²) in [5.41, 5.74) is 5.19. The highest BCUT2D eigenvalue weighted by molar-refractivity contribution is 6.02. The van der Waals surface area contributed by atoms with Gasteiger partial charge in [0.05, 0.1) is 13.2 Å². The molecule has 6 rings (SSSR count). The largest absolute Gasteiger partial charge is 0.496 e. The molecule has 1 N–H and O–H groups in total. The molecule has 1 aliphatic carbocycles. The van der Waals surface area contributed by atoms with Crippen LogP contribution < -0.4 is 10.1 Å². The highest BCUT2D eigenvalue weighted by Gasteiger charge is 2.59. The summed E-state index contributed by atoms with van der Waals surface area (Å²) < 4.78 is 11.5. The zero-order valence-corrected chi connectivity index (χ0v) is 20.2. The Hall–Kier alpha value is -3.80. The quantitative estimate of drug-likeness (QED) is 0.398. The molecule has 4 atom stereocenters. The van der Waals surface area contributed by atoms with Gasteiger partial charge in [-0.2, -0.15) is 4.98 Å². The summed E-state index contributed by atoms with van der Waals surface area (Å²) in [7, 11) is 1.66. The van der Waals surface area contributed by atoms with E-state index in [0.29, 0.717) is 30.3 Å². The smallest absolute Gasteiger partial charge is 0.295 e. The van der Waals surface area contributed by atoms with Crippen molar-refractivity contribution in [1.82, 2.24) is 9.88 Å². The molecular formula is C29H29N3O3. The summed E-state index contributed by atoms with van der Waals surface area (Å²) in [5, 5.41) is 3.37. The average Bonchev–Trinajstić information content (AvgIpc) is 3.21. The third-order valence-electron chi connectivity index (χ3n) is 7.71. The second kappa shape index (κ2) is 8.45. The van der Waals surface area contributed by atoms with Gasteiger partial charge in [-0.1, -0.05) is 55.0 Å². The van der Waals surface area contributed by atoms with Gasteiger partial charge >= 0.3 is 0 Å². The van der Waals surface area contributed by atoms with Crippen molar-refractivity contribution in [2.24, 2.45) is 17.8 Å². The Morgan fingerprint density at radius 3 is 2.74 bits per heavy atom. The number of nitrogens with one attached hydrogen (secondary N) is 1. The summed E-state index contributed by atoms with van der Waals surface area (Å²) in [6.07, 6.45) is 0. The number of methoxy groups -OCH3 is 1. The molecule has 178 valence electrons. The number of piperidine rings is 1. The zero-order chi connectivity index (χ0) is 24.1. The number of aryl methyl sites for hydroxylation is 1. The molecule has 2 fully saturated rings. The van der Waals surface area contributed by atoms with Crippen molar-refractivity contribution in [2.75, 3.05) is 25.5 Å². The number of hydrogen-bond donors (Lipinski definition) is 1. The maximum absolute atomic E-state index is 14.0. The highest BCUT2D eigenvalue weighted by atomic mass is 16.5. The number of rotatable bonds is 6. The van der Waals surface area contributed by atoms with Crippen molar-refractivity contribution in [3.05, 3.63) is 77.9 Å². The van der Waals surface area contributed by atoms with Gasteiger partial charge in [0.15, 0.2) is 5.58 Å². The molecule has 2 aliphatic rings. The topological polar surface area (TPSA) is 67.6 Å². The van der Waals surface area contributed by atoms with Gasteiger partial charge in [-0.25, -0.2) is 0 Å². The van der Waals surface area contributed by atoms with Crippen LogP contribution in [-0.4, -0.2) is 42.0 Å². The number of carbonyl (C=O) groups excluding carboxylic acids is 1. The van der Waals surface area contributed by atoms with Crippen molar-refractivity contribution >= 4 is 23.0 Å². The van der Waals surface area contributed by atoms with E-state index in [1.807, 2.05) is 73.7 Å². The SMILES string of the molecule is COc1ccccc1-c1ccc(C)cc1C(=O)N1CC2C(C)C2[C@H]1CNc1nc2ccccc2o1. The van der Waals surface area contributed by atoms with E-state index in [1.165, 1.54) is 0 Å². The van der Waals surface area contributed by atoms with Crippen LogP contribution in [0.3, 0.4) is 0 Å². The van der Waals surface area contributed by atoms with E-state index in [2.05, 4.69) is 22.1 Å². The van der Waals surface area contributed by atoms with Crippen LogP contribution in [0.15, 0.2) is 71.1 Å². The monoisotopic (exact) mass is 467 g/mol. The lowest BCUT2D eigenvalue weighted by atomic mass is 9.95. The van der Waals surface area contributed by atoms with Gasteiger partial charge in [-0.3, -0.25) is 4.79 Å². The maximum Gasteiger partial charge on any atom is 0.295 e. The van der Waals surface area contributed by atoms with Gasteiger partial charge in [0.25, 0.3) is 11.9 Å². The molecule has 0 spiro atoms. The molecule has 1 saturated carbocycles. The van der Waals surface area contributed by atoms with Crippen molar-refractivity contribution in [1.29, 1.82) is 0 Å². The number of amides is 1. The molecule has 3 aromatic carbocycles. The van der Waals surface area contributed by atoms with E-state index >= 15 is 0 Å². The standard InChI is InChI=1S/C29H29N3O3/c1-17-12-13-19(20-8-4-6-10-25(20)34-3)21(14-17)28(33)32-16-22-18(2)27(22)24(32)15-30-29-31-23-9-5-7-11-26(23)35-29/h4-14,18,22,24,27H,15-16H2,1-3H3,(H,30,31)/t18?,22?,24-,27?/m1/s1. The molecule has 1 aliphatic heterocycles. The molecular weight excluding hydrogens is 438 g/mol. The van der Waals surface area contributed by atoms with Crippen molar-refractivity contribution in [2.45, 2.75) is 19.9 Å². The van der Waals surface area contributed by atoms with Crippen molar-refractivity contribution in [3.8, 4) is 16.9 Å². The molecule has 3 unspecified atom stereocenters. The van der Waals surface area contributed by atoms with Crippen LogP contribution >= 0.6 is 0 Å². The number of ether oxygens (including phenoxy) is 1. The second-order valence-electron chi connectivity index (χ2n) is 9.74. The molecule has 6 nitrogen and oxygen atoms in total. The number of likely N-dealkylation sites (tertiary alicyclic amines) is 1. The second-order valence-corrected chi connectivity index (χ2v) is 9.74. The number of aromatic nitrogens is 1. The van der Waals surface area contributed by atoms with Crippen molar-refractivity contribution < 1.29 is 13.9 Å². The Bertz CT molecular complexity index is 1380. The van der Waals surface area contributed by atoms with Crippen LogP contribution in [0.1, 0.15) is 22.8 Å². The Morgan fingerprint density at radius 1 is 1.11 bits per heavy atom. The molecule has 1 saturated heterocycles. The van der Waals surface area contributed by atoms with E-state index < -0.39 is 0 Å². The van der Waals surface area contributed by atoms with Gasteiger partial charge in [0, 0.05) is 24.2 Å². The minimum absolute atomic E-state index is 0.0679. The lowest BCUT2D eigenvalue weighted by Crippen LogP contribution is -2.43. The van der Waals surface area contributed by atoms with Crippen LogP contribution in [0.5, 0.6) is 5.75 Å². The first-order chi connectivity index (χ1) is 17.0. The fourth-order valence-electron chi connectivity index (χ4n) is 5.78. The first-order valence-electron chi connectivity index (χ1n) is 12.2. The van der Waals surface area contributed by atoms with Crippen LogP contribution in [-0.2, 0) is 0 Å². The summed E-state index contributed by atoms with van der Waals surface area (Å²) in [6, 6.07) is 22.3. The van der Waals surface area contributed by atoms with E-state index in [1.54, 1.807) is 7.11 Å².